The van der Waals surface area contributed by atoms with Gasteiger partial charge in [0, 0.05) is 18.8 Å². The first kappa shape index (κ1) is 17.4. The molecular weight excluding hydrogens is 313 g/mol. The zero-order valence-electron chi connectivity index (χ0n) is 13.2. The van der Waals surface area contributed by atoms with Gasteiger partial charge in [-0.15, -0.1) is 0 Å². The molecule has 7 heteroatoms. The van der Waals surface area contributed by atoms with E-state index in [0.717, 1.165) is 5.56 Å². The van der Waals surface area contributed by atoms with Gasteiger partial charge in [-0.1, -0.05) is 6.07 Å². The number of hydrazine groups is 1. The molecule has 2 amide bonds. The number of amides is 2. The Bertz CT molecular complexity index is 677. The smallest absolute Gasteiger partial charge is 0.279 e. The summed E-state index contributed by atoms with van der Waals surface area (Å²) in [6.07, 6.45) is 3.25. The predicted molar refractivity (Wildman–Crippen MR) is 85.3 cm³/mol. The largest absolute Gasteiger partial charge is 0.481 e. The molecule has 0 radical (unpaired) electrons. The number of pyridine rings is 1. The van der Waals surface area contributed by atoms with Crippen molar-refractivity contribution in [2.45, 2.75) is 25.9 Å². The molecule has 2 rings (SSSR count). The summed E-state index contributed by atoms with van der Waals surface area (Å²) >= 11 is 0. The third-order valence-corrected chi connectivity index (χ3v) is 3.18. The van der Waals surface area contributed by atoms with E-state index >= 15 is 0 Å². The van der Waals surface area contributed by atoms with Crippen molar-refractivity contribution in [1.29, 1.82) is 0 Å². The fourth-order valence-corrected chi connectivity index (χ4v) is 1.87. The van der Waals surface area contributed by atoms with Crippen LogP contribution in [-0.4, -0.2) is 22.9 Å². The number of rotatable bonds is 6. The molecule has 1 aromatic carbocycles. The monoisotopic (exact) mass is 331 g/mol. The van der Waals surface area contributed by atoms with Crippen molar-refractivity contribution in [1.82, 2.24) is 15.8 Å². The van der Waals surface area contributed by atoms with Crippen molar-refractivity contribution >= 4 is 11.8 Å². The Morgan fingerprint density at radius 2 is 1.96 bits per heavy atom. The van der Waals surface area contributed by atoms with E-state index in [4.69, 9.17) is 4.74 Å². The van der Waals surface area contributed by atoms with Gasteiger partial charge in [0.05, 0.1) is 0 Å². The summed E-state index contributed by atoms with van der Waals surface area (Å²) < 4.78 is 18.2. The van der Waals surface area contributed by atoms with Gasteiger partial charge in [0.2, 0.25) is 5.91 Å². The third-order valence-electron chi connectivity index (χ3n) is 3.18. The second-order valence-electron chi connectivity index (χ2n) is 5.11. The van der Waals surface area contributed by atoms with Gasteiger partial charge in [0.25, 0.3) is 5.91 Å². The highest BCUT2D eigenvalue weighted by atomic mass is 19.1. The summed E-state index contributed by atoms with van der Waals surface area (Å²) in [5.74, 6) is -0.850. The summed E-state index contributed by atoms with van der Waals surface area (Å²) in [5.41, 5.74) is 5.56. The Kier molecular flexibility index (Phi) is 6.24. The van der Waals surface area contributed by atoms with Crippen molar-refractivity contribution in [3.05, 3.63) is 60.2 Å². The SMILES string of the molecule is CC(Oc1ccc(F)cc1)C(=O)NNC(=O)CCc1cccnc1. The minimum atomic E-state index is -0.839. The Balaban J connectivity index is 1.71. The van der Waals surface area contributed by atoms with Gasteiger partial charge in [0.15, 0.2) is 6.10 Å². The molecular formula is C17H18FN3O3. The highest BCUT2D eigenvalue weighted by molar-refractivity contribution is 5.84. The number of hydrogen-bond donors (Lipinski definition) is 2. The minimum absolute atomic E-state index is 0.221. The highest BCUT2D eigenvalue weighted by Crippen LogP contribution is 2.12. The third kappa shape index (κ3) is 5.68. The number of hydrogen-bond acceptors (Lipinski definition) is 4. The molecule has 0 saturated heterocycles. The average Bonchev–Trinajstić information content (AvgIpc) is 2.60. The Morgan fingerprint density at radius 1 is 1.21 bits per heavy atom. The maximum Gasteiger partial charge on any atom is 0.279 e. The lowest BCUT2D eigenvalue weighted by molar-refractivity contribution is -0.132. The molecule has 0 saturated carbocycles. The Morgan fingerprint density at radius 3 is 2.62 bits per heavy atom. The van der Waals surface area contributed by atoms with Crippen LogP contribution in [0.25, 0.3) is 0 Å². The van der Waals surface area contributed by atoms with Crippen molar-refractivity contribution < 1.29 is 18.7 Å². The van der Waals surface area contributed by atoms with Crippen molar-refractivity contribution in [2.24, 2.45) is 0 Å². The van der Waals surface area contributed by atoms with E-state index in [0.29, 0.717) is 12.2 Å². The van der Waals surface area contributed by atoms with E-state index in [-0.39, 0.29) is 18.1 Å². The van der Waals surface area contributed by atoms with E-state index in [9.17, 15) is 14.0 Å². The molecule has 1 heterocycles. The van der Waals surface area contributed by atoms with Crippen LogP contribution in [-0.2, 0) is 16.0 Å². The fourth-order valence-electron chi connectivity index (χ4n) is 1.87. The summed E-state index contributed by atoms with van der Waals surface area (Å²) in [7, 11) is 0. The molecule has 6 nitrogen and oxygen atoms in total. The van der Waals surface area contributed by atoms with Gasteiger partial charge in [-0.3, -0.25) is 25.4 Å². The van der Waals surface area contributed by atoms with Crippen LogP contribution in [0.4, 0.5) is 4.39 Å². The number of ether oxygens (including phenoxy) is 1. The molecule has 1 aromatic heterocycles. The fraction of sp³-hybridized carbons (Fsp3) is 0.235. The maximum absolute atomic E-state index is 12.8. The summed E-state index contributed by atoms with van der Waals surface area (Å²) in [6, 6.07) is 8.98. The first-order valence-corrected chi connectivity index (χ1v) is 7.44. The molecule has 0 aliphatic carbocycles. The second kappa shape index (κ2) is 8.61. The molecule has 24 heavy (non-hydrogen) atoms. The first-order valence-electron chi connectivity index (χ1n) is 7.44. The quantitative estimate of drug-likeness (QED) is 0.791. The van der Waals surface area contributed by atoms with Crippen LogP contribution in [0.3, 0.4) is 0 Å². The van der Waals surface area contributed by atoms with Crippen molar-refractivity contribution in [2.75, 3.05) is 0 Å². The van der Waals surface area contributed by atoms with Gasteiger partial charge in [-0.05, 0) is 49.2 Å². The van der Waals surface area contributed by atoms with Crippen LogP contribution in [0.1, 0.15) is 18.9 Å². The summed E-state index contributed by atoms with van der Waals surface area (Å²) in [4.78, 5) is 27.5. The number of benzene rings is 1. The normalized spacial score (nSPS) is 11.4. The molecule has 0 fully saturated rings. The topological polar surface area (TPSA) is 80.3 Å². The maximum atomic E-state index is 12.8. The van der Waals surface area contributed by atoms with Gasteiger partial charge in [0.1, 0.15) is 11.6 Å². The lowest BCUT2D eigenvalue weighted by Crippen LogP contribution is -2.47. The molecule has 1 atom stereocenters. The van der Waals surface area contributed by atoms with E-state index in [1.807, 2.05) is 6.07 Å². The number of aromatic nitrogens is 1. The zero-order valence-corrected chi connectivity index (χ0v) is 13.2. The van der Waals surface area contributed by atoms with Crippen LogP contribution >= 0.6 is 0 Å². The number of carbonyl (C=O) groups is 2. The lowest BCUT2D eigenvalue weighted by atomic mass is 10.1. The van der Waals surface area contributed by atoms with E-state index in [1.54, 1.807) is 18.5 Å². The van der Waals surface area contributed by atoms with Gasteiger partial charge in [-0.2, -0.15) is 0 Å². The number of halogens is 1. The minimum Gasteiger partial charge on any atom is -0.481 e. The van der Waals surface area contributed by atoms with Crippen LogP contribution < -0.4 is 15.6 Å². The Hall–Kier alpha value is -2.96. The molecule has 0 spiro atoms. The summed E-state index contributed by atoms with van der Waals surface area (Å²) in [5, 5.41) is 0. The number of nitrogens with one attached hydrogen (secondary N) is 2. The van der Waals surface area contributed by atoms with Crippen LogP contribution in [0.5, 0.6) is 5.75 Å². The van der Waals surface area contributed by atoms with Gasteiger partial charge < -0.3 is 4.74 Å². The number of nitrogens with zero attached hydrogens (tertiary/aromatic N) is 1. The predicted octanol–water partition coefficient (Wildman–Crippen LogP) is 1.77. The molecule has 2 N–H and O–H groups in total. The van der Waals surface area contributed by atoms with Crippen molar-refractivity contribution in [3.8, 4) is 5.75 Å². The first-order chi connectivity index (χ1) is 11.5. The molecule has 2 aromatic rings. The van der Waals surface area contributed by atoms with Gasteiger partial charge in [-0.25, -0.2) is 4.39 Å². The lowest BCUT2D eigenvalue weighted by Gasteiger charge is -2.15. The second-order valence-corrected chi connectivity index (χ2v) is 5.11. The average molecular weight is 331 g/mol. The van der Waals surface area contributed by atoms with Crippen LogP contribution in [0.15, 0.2) is 48.8 Å². The molecule has 0 aliphatic heterocycles. The van der Waals surface area contributed by atoms with Crippen molar-refractivity contribution in [3.63, 3.8) is 0 Å². The molecule has 0 bridgehead atoms. The van der Waals surface area contributed by atoms with E-state index in [1.165, 1.54) is 31.2 Å². The van der Waals surface area contributed by atoms with E-state index in [2.05, 4.69) is 15.8 Å². The molecule has 1 unspecified atom stereocenters. The number of carbonyl (C=O) groups excluding carboxylic acids is 2. The highest BCUT2D eigenvalue weighted by Gasteiger charge is 2.15. The standard InChI is InChI=1S/C17H18FN3O3/c1-12(24-15-7-5-14(18)6-8-15)17(23)21-20-16(22)9-4-13-3-2-10-19-11-13/h2-3,5-8,10-12H,4,9H2,1H3,(H,20,22)(H,21,23). The zero-order chi connectivity index (χ0) is 17.4. The molecule has 126 valence electrons. The van der Waals surface area contributed by atoms with Gasteiger partial charge >= 0.3 is 0 Å². The molecule has 0 aliphatic rings. The Labute approximate surface area is 139 Å². The van der Waals surface area contributed by atoms with Crippen LogP contribution in [0.2, 0.25) is 0 Å². The van der Waals surface area contributed by atoms with E-state index < -0.39 is 12.0 Å². The van der Waals surface area contributed by atoms with Crippen LogP contribution in [0, 0.1) is 5.82 Å². The number of aryl methyl sites for hydroxylation is 1. The summed E-state index contributed by atoms with van der Waals surface area (Å²) in [6.45, 7) is 1.53.